The van der Waals surface area contributed by atoms with Gasteiger partial charge in [0, 0.05) is 13.2 Å². The van der Waals surface area contributed by atoms with Crippen molar-refractivity contribution < 1.29 is 9.47 Å². The summed E-state index contributed by atoms with van der Waals surface area (Å²) in [6, 6.07) is 0. The van der Waals surface area contributed by atoms with E-state index in [1.54, 1.807) is 0 Å². The lowest BCUT2D eigenvalue weighted by molar-refractivity contribution is 0.0408. The van der Waals surface area contributed by atoms with E-state index in [0.29, 0.717) is 12.2 Å². The van der Waals surface area contributed by atoms with Crippen molar-refractivity contribution in [3.63, 3.8) is 0 Å². The van der Waals surface area contributed by atoms with E-state index in [-0.39, 0.29) is 0 Å². The summed E-state index contributed by atoms with van der Waals surface area (Å²) in [4.78, 5) is 0. The van der Waals surface area contributed by atoms with Crippen LogP contribution in [0.2, 0.25) is 0 Å². The van der Waals surface area contributed by atoms with E-state index in [9.17, 15) is 0 Å². The molecular weight excluding hydrogens is 416 g/mol. The Kier molecular flexibility index (Phi) is 19.6. The lowest BCUT2D eigenvalue weighted by Crippen LogP contribution is -2.12. The van der Waals surface area contributed by atoms with Crippen molar-refractivity contribution in [1.29, 1.82) is 0 Å². The fraction of sp³-hybridized carbons (Fsp3) is 0.938. The summed E-state index contributed by atoms with van der Waals surface area (Å²) in [6.07, 6.45) is 37.6. The number of hydrogen-bond acceptors (Lipinski definition) is 2. The average molecular weight is 477 g/mol. The van der Waals surface area contributed by atoms with Crippen molar-refractivity contribution in [3.05, 3.63) is 13.3 Å². The third kappa shape index (κ3) is 16.6. The van der Waals surface area contributed by atoms with Gasteiger partial charge in [-0.1, -0.05) is 116 Å². The van der Waals surface area contributed by atoms with Crippen molar-refractivity contribution in [2.75, 3.05) is 13.2 Å². The Morgan fingerprint density at radius 3 is 1.62 bits per heavy atom. The molecule has 2 heteroatoms. The van der Waals surface area contributed by atoms with Crippen LogP contribution in [0.4, 0.5) is 0 Å². The third-order valence-electron chi connectivity index (χ3n) is 8.24. The van der Waals surface area contributed by atoms with Gasteiger partial charge in [-0.05, 0) is 63.7 Å². The fourth-order valence-corrected chi connectivity index (χ4v) is 5.90. The van der Waals surface area contributed by atoms with E-state index in [4.69, 9.17) is 9.47 Å². The normalized spacial score (nSPS) is 21.1. The average Bonchev–Trinajstić information content (AvgIpc) is 3.53. The second-order valence-corrected chi connectivity index (χ2v) is 11.4. The fourth-order valence-electron chi connectivity index (χ4n) is 5.90. The predicted octanol–water partition coefficient (Wildman–Crippen LogP) is 10.2. The SMILES string of the molecule is [CH2]CCCCCCCCCCCCCCCCCCCOC1CCC(CCOC2C[CH]CC2)C1. The molecule has 0 amide bonds. The van der Waals surface area contributed by atoms with Gasteiger partial charge in [0.05, 0.1) is 12.2 Å². The molecule has 0 spiro atoms. The van der Waals surface area contributed by atoms with Crippen LogP contribution in [0.15, 0.2) is 0 Å². The lowest BCUT2D eigenvalue weighted by atomic mass is 10.0. The van der Waals surface area contributed by atoms with E-state index in [0.717, 1.165) is 25.6 Å². The van der Waals surface area contributed by atoms with E-state index >= 15 is 0 Å². The topological polar surface area (TPSA) is 18.5 Å². The van der Waals surface area contributed by atoms with E-state index in [2.05, 4.69) is 13.3 Å². The Morgan fingerprint density at radius 1 is 0.559 bits per heavy atom. The standard InChI is InChI=1S/C32H60O2/c1-2-3-4-5-6-7-8-9-10-11-12-13-14-15-16-17-18-21-27-33-32-25-24-30(29-32)26-28-34-31-22-19-20-23-31/h19,30-32H,1-18,20-29H2. The highest BCUT2D eigenvalue weighted by Gasteiger charge is 2.25. The maximum atomic E-state index is 6.19. The van der Waals surface area contributed by atoms with Crippen LogP contribution in [-0.4, -0.2) is 25.4 Å². The minimum Gasteiger partial charge on any atom is -0.378 e. The highest BCUT2D eigenvalue weighted by atomic mass is 16.5. The van der Waals surface area contributed by atoms with E-state index in [1.165, 1.54) is 154 Å². The van der Waals surface area contributed by atoms with Crippen LogP contribution in [0.25, 0.3) is 0 Å². The maximum Gasteiger partial charge on any atom is 0.0578 e. The first-order valence-electron chi connectivity index (χ1n) is 15.7. The second-order valence-electron chi connectivity index (χ2n) is 11.4. The van der Waals surface area contributed by atoms with Crippen LogP contribution in [-0.2, 0) is 9.47 Å². The van der Waals surface area contributed by atoms with Gasteiger partial charge in [-0.3, -0.25) is 0 Å². The minimum absolute atomic E-state index is 0.525. The summed E-state index contributed by atoms with van der Waals surface area (Å²) in [6.45, 7) is 5.87. The van der Waals surface area contributed by atoms with Crippen molar-refractivity contribution in [3.8, 4) is 0 Å². The molecule has 2 radical (unpaired) electrons. The highest BCUT2D eigenvalue weighted by molar-refractivity contribution is 4.81. The highest BCUT2D eigenvalue weighted by Crippen LogP contribution is 2.31. The quantitative estimate of drug-likeness (QED) is 0.129. The van der Waals surface area contributed by atoms with Gasteiger partial charge in [-0.2, -0.15) is 0 Å². The molecule has 2 fully saturated rings. The van der Waals surface area contributed by atoms with Crippen molar-refractivity contribution in [1.82, 2.24) is 0 Å². The third-order valence-corrected chi connectivity index (χ3v) is 8.24. The smallest absolute Gasteiger partial charge is 0.0578 e. The molecule has 3 unspecified atom stereocenters. The maximum absolute atomic E-state index is 6.19. The molecule has 2 aliphatic carbocycles. The monoisotopic (exact) mass is 476 g/mol. The lowest BCUT2D eigenvalue weighted by Gasteiger charge is -2.15. The summed E-state index contributed by atoms with van der Waals surface area (Å²) in [7, 11) is 0. The predicted molar refractivity (Wildman–Crippen MR) is 148 cm³/mol. The molecule has 0 aliphatic heterocycles. The van der Waals surface area contributed by atoms with Gasteiger partial charge in [0.25, 0.3) is 0 Å². The van der Waals surface area contributed by atoms with Gasteiger partial charge in [0.2, 0.25) is 0 Å². The molecule has 2 nitrogen and oxygen atoms in total. The van der Waals surface area contributed by atoms with Gasteiger partial charge >= 0.3 is 0 Å². The van der Waals surface area contributed by atoms with E-state index in [1.807, 2.05) is 0 Å². The van der Waals surface area contributed by atoms with Gasteiger partial charge < -0.3 is 9.47 Å². The summed E-state index contributed by atoms with van der Waals surface area (Å²) in [5, 5.41) is 0. The molecule has 0 bridgehead atoms. The Balaban J connectivity index is 1.22. The van der Waals surface area contributed by atoms with Crippen LogP contribution in [0.5, 0.6) is 0 Å². The number of rotatable bonds is 24. The summed E-state index contributed by atoms with van der Waals surface area (Å²) >= 11 is 0. The summed E-state index contributed by atoms with van der Waals surface area (Å²) in [5.74, 6) is 0.842. The van der Waals surface area contributed by atoms with E-state index < -0.39 is 0 Å². The molecule has 2 aliphatic rings. The minimum atomic E-state index is 0.525. The summed E-state index contributed by atoms with van der Waals surface area (Å²) < 4.78 is 12.2. The zero-order valence-corrected chi connectivity index (χ0v) is 22.9. The van der Waals surface area contributed by atoms with Crippen LogP contribution < -0.4 is 0 Å². The first-order chi connectivity index (χ1) is 16.9. The first-order valence-corrected chi connectivity index (χ1v) is 15.7. The Morgan fingerprint density at radius 2 is 1.09 bits per heavy atom. The molecule has 0 saturated heterocycles. The molecule has 34 heavy (non-hydrogen) atoms. The van der Waals surface area contributed by atoms with Gasteiger partial charge in [0.1, 0.15) is 0 Å². The molecule has 2 rings (SSSR count). The molecule has 2 saturated carbocycles. The zero-order valence-electron chi connectivity index (χ0n) is 22.9. The second kappa shape index (κ2) is 22.1. The molecule has 3 atom stereocenters. The molecule has 0 aromatic heterocycles. The van der Waals surface area contributed by atoms with Gasteiger partial charge in [0.15, 0.2) is 0 Å². The Labute approximate surface area is 214 Å². The van der Waals surface area contributed by atoms with Crippen LogP contribution in [0.1, 0.15) is 161 Å². The number of unbranched alkanes of at least 4 members (excludes halogenated alkanes) is 17. The van der Waals surface area contributed by atoms with Gasteiger partial charge in [-0.15, -0.1) is 0 Å². The zero-order chi connectivity index (χ0) is 23.9. The van der Waals surface area contributed by atoms with Crippen LogP contribution >= 0.6 is 0 Å². The Hall–Kier alpha value is -0.0800. The molecule has 200 valence electrons. The molecular formula is C32H60O2. The largest absolute Gasteiger partial charge is 0.378 e. The van der Waals surface area contributed by atoms with Crippen molar-refractivity contribution in [2.45, 2.75) is 173 Å². The van der Waals surface area contributed by atoms with Crippen LogP contribution in [0, 0.1) is 19.3 Å². The first kappa shape index (κ1) is 30.1. The molecule has 0 N–H and O–H groups in total. The van der Waals surface area contributed by atoms with Crippen molar-refractivity contribution in [2.24, 2.45) is 5.92 Å². The molecule has 0 aromatic carbocycles. The number of ether oxygens (including phenoxy) is 2. The number of hydrogen-bond donors (Lipinski definition) is 0. The summed E-state index contributed by atoms with van der Waals surface area (Å²) in [5.41, 5.74) is 0. The molecule has 0 heterocycles. The Bertz CT molecular complexity index is 417. The molecule has 0 aromatic rings. The van der Waals surface area contributed by atoms with Crippen LogP contribution in [0.3, 0.4) is 0 Å². The van der Waals surface area contributed by atoms with Crippen molar-refractivity contribution >= 4 is 0 Å². The van der Waals surface area contributed by atoms with Gasteiger partial charge in [-0.25, -0.2) is 0 Å².